The van der Waals surface area contributed by atoms with Crippen LogP contribution >= 0.6 is 0 Å². The van der Waals surface area contributed by atoms with Gasteiger partial charge in [-0.05, 0) is 35.4 Å². The predicted octanol–water partition coefficient (Wildman–Crippen LogP) is 4.83. The van der Waals surface area contributed by atoms with Crippen LogP contribution in [0, 0.1) is 0 Å². The quantitative estimate of drug-likeness (QED) is 0.359. The lowest BCUT2D eigenvalue weighted by atomic mass is 10.1. The van der Waals surface area contributed by atoms with Gasteiger partial charge in [-0.2, -0.15) is 0 Å². The maximum atomic E-state index is 5.96. The molecule has 12 nitrogen and oxygen atoms in total. The highest BCUT2D eigenvalue weighted by atomic mass is 16.6. The van der Waals surface area contributed by atoms with Gasteiger partial charge in [0.05, 0.1) is 90.7 Å². The number of rotatable bonds is 4. The van der Waals surface area contributed by atoms with Crippen LogP contribution in [0.2, 0.25) is 0 Å². The van der Waals surface area contributed by atoms with E-state index in [2.05, 4.69) is 9.98 Å². The Labute approximate surface area is 281 Å². The topological polar surface area (TPSA) is 117 Å². The molecule has 3 aromatic carbocycles. The molecule has 0 fully saturated rings. The highest BCUT2D eigenvalue weighted by Gasteiger charge is 2.09. The summed E-state index contributed by atoms with van der Waals surface area (Å²) in [6.45, 7) is 7.51. The fraction of sp³-hybridized carbons (Fsp3) is 0.444. The maximum Gasteiger partial charge on any atom is 0.163 e. The highest BCUT2D eigenvalue weighted by Crippen LogP contribution is 2.33. The first kappa shape index (κ1) is 35.3. The van der Waals surface area contributed by atoms with Crippen molar-refractivity contribution in [1.82, 2.24) is 0 Å². The monoisotopic (exact) mass is 664 g/mol. The van der Waals surface area contributed by atoms with Gasteiger partial charge in [0.2, 0.25) is 0 Å². The molecule has 0 aliphatic carbocycles. The van der Waals surface area contributed by atoms with E-state index in [-0.39, 0.29) is 0 Å². The molecule has 0 unspecified atom stereocenters. The normalized spacial score (nSPS) is 18.3. The van der Waals surface area contributed by atoms with E-state index in [4.69, 9.17) is 47.4 Å². The Bertz CT molecular complexity index is 1310. The van der Waals surface area contributed by atoms with Crippen molar-refractivity contribution in [2.45, 2.75) is 0 Å². The van der Waals surface area contributed by atoms with Crippen molar-refractivity contribution in [3.05, 3.63) is 71.8 Å². The zero-order chi connectivity index (χ0) is 32.9. The summed E-state index contributed by atoms with van der Waals surface area (Å²) < 4.78 is 56.9. The fourth-order valence-electron chi connectivity index (χ4n) is 4.51. The Balaban J connectivity index is 1.18. The van der Waals surface area contributed by atoms with Crippen LogP contribution in [0.4, 0.5) is 11.4 Å². The van der Waals surface area contributed by atoms with Crippen LogP contribution < -0.4 is 18.9 Å². The zero-order valence-electron chi connectivity index (χ0n) is 27.2. The van der Waals surface area contributed by atoms with Crippen molar-refractivity contribution in [1.29, 1.82) is 0 Å². The molecule has 0 aromatic heterocycles. The Morgan fingerprint density at radius 1 is 0.333 bits per heavy atom. The maximum absolute atomic E-state index is 5.96. The van der Waals surface area contributed by atoms with Gasteiger partial charge in [-0.1, -0.05) is 24.3 Å². The molecule has 2 heterocycles. The average Bonchev–Trinajstić information content (AvgIpc) is 3.13. The highest BCUT2D eigenvalue weighted by molar-refractivity contribution is 5.86. The molecule has 5 rings (SSSR count). The van der Waals surface area contributed by atoms with E-state index in [1.807, 2.05) is 73.1 Å². The molecule has 48 heavy (non-hydrogen) atoms. The number of hydrogen-bond donors (Lipinski definition) is 0. The lowest BCUT2D eigenvalue weighted by molar-refractivity contribution is 0.00708. The van der Waals surface area contributed by atoms with Gasteiger partial charge in [0, 0.05) is 24.6 Å². The van der Waals surface area contributed by atoms with Crippen molar-refractivity contribution in [3.63, 3.8) is 0 Å². The van der Waals surface area contributed by atoms with Gasteiger partial charge >= 0.3 is 0 Å². The minimum atomic E-state index is 0.385. The predicted molar refractivity (Wildman–Crippen MR) is 181 cm³/mol. The van der Waals surface area contributed by atoms with E-state index >= 15 is 0 Å². The average molecular weight is 665 g/mol. The SMILES string of the molecule is C(=Nc1ccc2c(c1)OCCOCCOCCOCCO2)c1ccc(C=Nc2ccc3c(c2)OCCOCCOCCOCCO3)cc1. The van der Waals surface area contributed by atoms with Crippen molar-refractivity contribution in [2.75, 3.05) is 106 Å². The molecule has 0 saturated carbocycles. The molecule has 0 amide bonds. The second-order valence-electron chi connectivity index (χ2n) is 10.5. The summed E-state index contributed by atoms with van der Waals surface area (Å²) in [6, 6.07) is 19.2. The van der Waals surface area contributed by atoms with Gasteiger partial charge in [0.25, 0.3) is 0 Å². The summed E-state index contributed by atoms with van der Waals surface area (Å²) in [6.07, 6.45) is 3.61. The van der Waals surface area contributed by atoms with Crippen molar-refractivity contribution >= 4 is 23.8 Å². The van der Waals surface area contributed by atoms with Crippen molar-refractivity contribution in [3.8, 4) is 23.0 Å². The Morgan fingerprint density at radius 3 is 0.958 bits per heavy atom. The molecule has 0 N–H and O–H groups in total. The van der Waals surface area contributed by atoms with Crippen LogP contribution in [0.5, 0.6) is 23.0 Å². The minimum Gasteiger partial charge on any atom is -0.487 e. The first-order valence-corrected chi connectivity index (χ1v) is 16.3. The summed E-state index contributed by atoms with van der Waals surface area (Å²) in [5.41, 5.74) is 3.37. The number of nitrogens with zero attached hydrogens (tertiary/aromatic N) is 2. The van der Waals surface area contributed by atoms with Crippen LogP contribution in [0.3, 0.4) is 0 Å². The van der Waals surface area contributed by atoms with E-state index < -0.39 is 0 Å². The van der Waals surface area contributed by atoms with E-state index in [0.717, 1.165) is 22.5 Å². The summed E-state index contributed by atoms with van der Waals surface area (Å²) in [4.78, 5) is 9.31. The van der Waals surface area contributed by atoms with Gasteiger partial charge < -0.3 is 47.4 Å². The van der Waals surface area contributed by atoms with Gasteiger partial charge in [-0.15, -0.1) is 0 Å². The summed E-state index contributed by atoms with van der Waals surface area (Å²) >= 11 is 0. The van der Waals surface area contributed by atoms with E-state index in [1.54, 1.807) is 0 Å². The number of ether oxygens (including phenoxy) is 10. The van der Waals surface area contributed by atoms with Crippen LogP contribution in [0.25, 0.3) is 0 Å². The summed E-state index contributed by atoms with van der Waals surface area (Å²) in [7, 11) is 0. The molecule has 258 valence electrons. The van der Waals surface area contributed by atoms with Crippen LogP contribution in [-0.2, 0) is 28.4 Å². The molecule has 0 saturated heterocycles. The largest absolute Gasteiger partial charge is 0.487 e. The van der Waals surface area contributed by atoms with Gasteiger partial charge in [-0.3, -0.25) is 9.98 Å². The number of hydrogen-bond acceptors (Lipinski definition) is 12. The van der Waals surface area contributed by atoms with Crippen LogP contribution in [-0.4, -0.2) is 118 Å². The molecule has 0 bridgehead atoms. The first-order valence-electron chi connectivity index (χ1n) is 16.3. The number of fused-ring (bicyclic) bond motifs is 2. The van der Waals surface area contributed by atoms with E-state index in [0.29, 0.717) is 129 Å². The number of aliphatic imine (C=N–C) groups is 2. The molecular weight excluding hydrogens is 620 g/mol. The molecule has 0 radical (unpaired) electrons. The summed E-state index contributed by atoms with van der Waals surface area (Å²) in [5.74, 6) is 2.47. The van der Waals surface area contributed by atoms with Crippen molar-refractivity contribution in [2.24, 2.45) is 9.98 Å². The van der Waals surface area contributed by atoms with E-state index in [1.165, 1.54) is 0 Å². The third-order valence-corrected chi connectivity index (χ3v) is 6.95. The second-order valence-corrected chi connectivity index (χ2v) is 10.5. The van der Waals surface area contributed by atoms with Crippen LogP contribution in [0.15, 0.2) is 70.6 Å². The minimum absolute atomic E-state index is 0.385. The van der Waals surface area contributed by atoms with Crippen LogP contribution in [0.1, 0.15) is 11.1 Å². The molecule has 2 aliphatic rings. The van der Waals surface area contributed by atoms with E-state index in [9.17, 15) is 0 Å². The lowest BCUT2D eigenvalue weighted by Gasteiger charge is -2.13. The molecule has 0 spiro atoms. The summed E-state index contributed by atoms with van der Waals surface area (Å²) in [5, 5.41) is 0. The second kappa shape index (κ2) is 21.0. The Kier molecular flexibility index (Phi) is 15.5. The molecule has 12 heteroatoms. The third-order valence-electron chi connectivity index (χ3n) is 6.95. The van der Waals surface area contributed by atoms with Gasteiger partial charge in [0.1, 0.15) is 26.4 Å². The molecule has 2 aliphatic heterocycles. The Hall–Kier alpha value is -4.04. The van der Waals surface area contributed by atoms with Gasteiger partial charge in [-0.25, -0.2) is 0 Å². The standard InChI is InChI=1S/C36H44N2O10/c1-2-30(28-38-32-6-8-34-36(26-32)48-24-20-44-16-12-40-10-14-42-18-22-46-34)4-3-29(1)27-37-31-5-7-33-35(25-31)47-23-19-43-15-11-39-9-13-41-17-21-45-33/h1-8,25-28H,9-24H2. The Morgan fingerprint density at radius 2 is 0.625 bits per heavy atom. The number of benzene rings is 3. The molecule has 3 aromatic rings. The lowest BCUT2D eigenvalue weighted by Crippen LogP contribution is -2.13. The van der Waals surface area contributed by atoms with Gasteiger partial charge in [0.15, 0.2) is 23.0 Å². The fourth-order valence-corrected chi connectivity index (χ4v) is 4.51. The zero-order valence-corrected chi connectivity index (χ0v) is 27.2. The molecular formula is C36H44N2O10. The third kappa shape index (κ3) is 12.9. The van der Waals surface area contributed by atoms with Crippen molar-refractivity contribution < 1.29 is 47.4 Å². The molecule has 0 atom stereocenters. The first-order chi connectivity index (χ1) is 23.8. The smallest absolute Gasteiger partial charge is 0.163 e.